The predicted octanol–water partition coefficient (Wildman–Crippen LogP) is 1.32. The van der Waals surface area contributed by atoms with Crippen LogP contribution in [0, 0.1) is 5.82 Å². The van der Waals surface area contributed by atoms with E-state index in [0.717, 1.165) is 12.8 Å². The quantitative estimate of drug-likeness (QED) is 0.855. The number of alkyl carbamates (subject to hydrolysis) is 1. The molecule has 1 spiro atoms. The van der Waals surface area contributed by atoms with E-state index in [-0.39, 0.29) is 24.9 Å². The molecule has 2 saturated heterocycles. The van der Waals surface area contributed by atoms with Crippen LogP contribution in [-0.4, -0.2) is 58.7 Å². The van der Waals surface area contributed by atoms with Crippen molar-refractivity contribution in [2.24, 2.45) is 0 Å². The minimum atomic E-state index is -0.617. The molecule has 2 aliphatic rings. The molecular formula is C17H19FN4O4. The van der Waals surface area contributed by atoms with Crippen LogP contribution < -0.4 is 5.32 Å². The van der Waals surface area contributed by atoms with Crippen LogP contribution >= 0.6 is 0 Å². The van der Waals surface area contributed by atoms with Crippen LogP contribution in [0.25, 0.3) is 11.0 Å². The molecule has 2 aliphatic heterocycles. The molecule has 4 rings (SSSR count). The van der Waals surface area contributed by atoms with E-state index in [2.05, 4.69) is 15.3 Å². The lowest BCUT2D eigenvalue weighted by Crippen LogP contribution is -2.53. The van der Waals surface area contributed by atoms with E-state index in [1.165, 1.54) is 12.1 Å². The summed E-state index contributed by atoms with van der Waals surface area (Å²) in [5.74, 6) is 0.0292. The predicted molar refractivity (Wildman–Crippen MR) is 88.7 cm³/mol. The third-order valence-electron chi connectivity index (χ3n) is 4.71. The smallest absolute Gasteiger partial charge is 0.407 e. The van der Waals surface area contributed by atoms with Gasteiger partial charge in [0, 0.05) is 6.54 Å². The summed E-state index contributed by atoms with van der Waals surface area (Å²) in [4.78, 5) is 32.6. The van der Waals surface area contributed by atoms with Crippen LogP contribution in [0.5, 0.6) is 0 Å². The number of carbonyl (C=O) groups is 2. The largest absolute Gasteiger partial charge is 0.439 e. The lowest BCUT2D eigenvalue weighted by molar-refractivity contribution is -0.142. The minimum absolute atomic E-state index is 0.0944. The van der Waals surface area contributed by atoms with Gasteiger partial charge < -0.3 is 24.7 Å². The average molecular weight is 362 g/mol. The number of ether oxygens (including phenoxy) is 2. The molecule has 2 aromatic rings. The van der Waals surface area contributed by atoms with Crippen LogP contribution in [0.4, 0.5) is 9.18 Å². The van der Waals surface area contributed by atoms with Gasteiger partial charge in [0.25, 0.3) is 0 Å². The molecule has 0 bridgehead atoms. The highest BCUT2D eigenvalue weighted by molar-refractivity contribution is 5.78. The van der Waals surface area contributed by atoms with E-state index in [1.807, 2.05) is 0 Å². The zero-order valence-electron chi connectivity index (χ0n) is 14.1. The number of nitrogens with one attached hydrogen (secondary N) is 2. The second-order valence-corrected chi connectivity index (χ2v) is 6.68. The highest BCUT2D eigenvalue weighted by Gasteiger charge is 2.44. The van der Waals surface area contributed by atoms with Gasteiger partial charge in [-0.1, -0.05) is 0 Å². The van der Waals surface area contributed by atoms with Gasteiger partial charge in [0.1, 0.15) is 30.5 Å². The SMILES string of the molecule is O=C1NCC2(CCCN(C(=O)COCc3nc4ccc(F)cc4[nH]3)C2)O1. The topological polar surface area (TPSA) is 96.5 Å². The number of fused-ring (bicyclic) bond motifs is 1. The first-order valence-electron chi connectivity index (χ1n) is 8.50. The third kappa shape index (κ3) is 3.34. The number of imidazole rings is 1. The fourth-order valence-electron chi connectivity index (χ4n) is 3.47. The lowest BCUT2D eigenvalue weighted by Gasteiger charge is -2.38. The van der Waals surface area contributed by atoms with Crippen molar-refractivity contribution in [3.05, 3.63) is 29.8 Å². The van der Waals surface area contributed by atoms with Crippen LogP contribution in [0.15, 0.2) is 18.2 Å². The van der Waals surface area contributed by atoms with Crippen molar-refractivity contribution in [1.29, 1.82) is 0 Å². The molecule has 2 N–H and O–H groups in total. The fourth-order valence-corrected chi connectivity index (χ4v) is 3.47. The van der Waals surface area contributed by atoms with E-state index >= 15 is 0 Å². The molecule has 0 aliphatic carbocycles. The van der Waals surface area contributed by atoms with Gasteiger partial charge >= 0.3 is 6.09 Å². The van der Waals surface area contributed by atoms with Crippen molar-refractivity contribution < 1.29 is 23.5 Å². The van der Waals surface area contributed by atoms with E-state index in [4.69, 9.17) is 9.47 Å². The van der Waals surface area contributed by atoms with Crippen LogP contribution in [0.2, 0.25) is 0 Å². The Balaban J connectivity index is 1.31. The molecule has 8 nitrogen and oxygen atoms in total. The number of piperidine rings is 1. The first kappa shape index (κ1) is 16.8. The van der Waals surface area contributed by atoms with Crippen molar-refractivity contribution in [2.45, 2.75) is 25.0 Å². The maximum absolute atomic E-state index is 13.2. The highest BCUT2D eigenvalue weighted by atomic mass is 19.1. The Morgan fingerprint density at radius 2 is 2.35 bits per heavy atom. The van der Waals surface area contributed by atoms with Gasteiger partial charge in [0.05, 0.1) is 24.1 Å². The number of nitrogens with zero attached hydrogens (tertiary/aromatic N) is 2. The van der Waals surface area contributed by atoms with Gasteiger partial charge in [-0.05, 0) is 31.0 Å². The number of aromatic amines is 1. The van der Waals surface area contributed by atoms with Gasteiger partial charge in [0.2, 0.25) is 5.91 Å². The molecular weight excluding hydrogens is 343 g/mol. The maximum Gasteiger partial charge on any atom is 0.407 e. The summed E-state index contributed by atoms with van der Waals surface area (Å²) in [5, 5.41) is 2.65. The monoisotopic (exact) mass is 362 g/mol. The number of carbonyl (C=O) groups excluding carboxylic acids is 2. The number of hydrogen-bond acceptors (Lipinski definition) is 5. The minimum Gasteiger partial charge on any atom is -0.439 e. The molecule has 9 heteroatoms. The standard InChI is InChI=1S/C17H19FN4O4/c18-11-2-3-12-13(6-11)21-14(20-12)7-25-8-15(23)22-5-1-4-17(10-22)9-19-16(24)26-17/h2-3,6H,1,4-5,7-10H2,(H,19,24)(H,20,21). The van der Waals surface area contributed by atoms with Crippen molar-refractivity contribution in [3.63, 3.8) is 0 Å². The van der Waals surface area contributed by atoms with Crippen molar-refractivity contribution in [1.82, 2.24) is 20.2 Å². The van der Waals surface area contributed by atoms with Crippen LogP contribution in [0.3, 0.4) is 0 Å². The number of halogens is 1. The Morgan fingerprint density at radius 3 is 3.15 bits per heavy atom. The lowest BCUT2D eigenvalue weighted by atomic mass is 9.93. The maximum atomic E-state index is 13.2. The second-order valence-electron chi connectivity index (χ2n) is 6.68. The molecule has 1 aromatic carbocycles. The number of benzene rings is 1. The van der Waals surface area contributed by atoms with Crippen LogP contribution in [0.1, 0.15) is 18.7 Å². The number of aromatic nitrogens is 2. The number of hydrogen-bond donors (Lipinski definition) is 2. The molecule has 1 aromatic heterocycles. The molecule has 138 valence electrons. The van der Waals surface area contributed by atoms with Gasteiger partial charge in [-0.25, -0.2) is 14.2 Å². The molecule has 2 amide bonds. The molecule has 1 unspecified atom stereocenters. The first-order chi connectivity index (χ1) is 12.5. The van der Waals surface area contributed by atoms with Crippen molar-refractivity contribution in [3.8, 4) is 0 Å². The fraction of sp³-hybridized carbons (Fsp3) is 0.471. The summed E-state index contributed by atoms with van der Waals surface area (Å²) >= 11 is 0. The summed E-state index contributed by atoms with van der Waals surface area (Å²) in [7, 11) is 0. The Bertz CT molecular complexity index is 854. The highest BCUT2D eigenvalue weighted by Crippen LogP contribution is 2.28. The van der Waals surface area contributed by atoms with Crippen molar-refractivity contribution >= 4 is 23.0 Å². The zero-order valence-corrected chi connectivity index (χ0v) is 14.1. The average Bonchev–Trinajstić information content (AvgIpc) is 3.17. The van der Waals surface area contributed by atoms with Gasteiger partial charge in [-0.3, -0.25) is 4.79 Å². The van der Waals surface area contributed by atoms with Gasteiger partial charge in [0.15, 0.2) is 0 Å². The van der Waals surface area contributed by atoms with Gasteiger partial charge in [-0.2, -0.15) is 0 Å². The zero-order chi connectivity index (χ0) is 18.1. The summed E-state index contributed by atoms with van der Waals surface area (Å²) in [6.45, 7) is 1.44. The third-order valence-corrected chi connectivity index (χ3v) is 4.71. The normalized spacial score (nSPS) is 22.7. The van der Waals surface area contributed by atoms with Crippen LogP contribution in [-0.2, 0) is 20.9 Å². The summed E-state index contributed by atoms with van der Waals surface area (Å²) in [6, 6.07) is 4.29. The first-order valence-corrected chi connectivity index (χ1v) is 8.50. The molecule has 0 radical (unpaired) electrons. The summed E-state index contributed by atoms with van der Waals surface area (Å²) < 4.78 is 24.0. The molecule has 2 fully saturated rings. The molecule has 26 heavy (non-hydrogen) atoms. The van der Waals surface area contributed by atoms with E-state index < -0.39 is 11.7 Å². The number of rotatable bonds is 4. The molecule has 1 atom stereocenters. The number of amides is 2. The van der Waals surface area contributed by atoms with Gasteiger partial charge in [-0.15, -0.1) is 0 Å². The Kier molecular flexibility index (Phi) is 4.23. The van der Waals surface area contributed by atoms with E-state index in [9.17, 15) is 14.0 Å². The number of likely N-dealkylation sites (tertiary alicyclic amines) is 1. The van der Waals surface area contributed by atoms with E-state index in [0.29, 0.717) is 36.5 Å². The van der Waals surface area contributed by atoms with E-state index in [1.54, 1.807) is 11.0 Å². The Morgan fingerprint density at radius 1 is 1.46 bits per heavy atom. The summed E-state index contributed by atoms with van der Waals surface area (Å²) in [5.41, 5.74) is 0.613. The molecule has 0 saturated carbocycles. The Hall–Kier alpha value is -2.68. The molecule has 3 heterocycles. The van der Waals surface area contributed by atoms with Crippen molar-refractivity contribution in [2.75, 3.05) is 26.2 Å². The second kappa shape index (κ2) is 6.56. The Labute approximate surface area is 148 Å². The summed E-state index contributed by atoms with van der Waals surface area (Å²) in [6.07, 6.45) is 1.08. The number of H-pyrrole nitrogens is 1.